The molecule has 1 aliphatic rings. The predicted molar refractivity (Wildman–Crippen MR) is 133 cm³/mol. The van der Waals surface area contributed by atoms with Crippen molar-refractivity contribution in [1.82, 2.24) is 14.7 Å². The molecule has 202 valence electrons. The number of hydrogen-bond donors (Lipinski definition) is 2. The Morgan fingerprint density at radius 3 is 2.50 bits per heavy atom. The van der Waals surface area contributed by atoms with Gasteiger partial charge in [0.25, 0.3) is 21.5 Å². The first kappa shape index (κ1) is 27.2. The van der Waals surface area contributed by atoms with E-state index >= 15 is 0 Å². The predicted octanol–water partition coefficient (Wildman–Crippen LogP) is 4.08. The number of ether oxygens (including phenoxy) is 1. The number of rotatable bonds is 6. The SMILES string of the molecule is CC1CCN(c2nc(-c3ccccc3OC(F)(F)F)ccc2C(=O)NS(=O)(=O)c2ccc[nH]c2=O)C1(C)C. The number of aromatic nitrogens is 2. The van der Waals surface area contributed by atoms with Crippen molar-refractivity contribution < 1.29 is 31.1 Å². The standard InChI is InChI=1S/C25H25F3N4O5S/c1-15-12-14-32(24(15,2)3)21-17(22(33)31-38(35,36)20-9-6-13-29-23(20)34)10-11-18(30-21)16-7-4-5-8-19(16)37-25(26,27)28/h4-11,13,15H,12,14H2,1-3H3,(H,29,34)(H,31,33). The minimum absolute atomic E-state index is 0.0338. The highest BCUT2D eigenvalue weighted by molar-refractivity contribution is 7.90. The van der Waals surface area contributed by atoms with Crippen LogP contribution in [0, 0.1) is 5.92 Å². The number of sulfonamides is 1. The van der Waals surface area contributed by atoms with E-state index in [0.717, 1.165) is 18.6 Å². The second-order valence-electron chi connectivity index (χ2n) is 9.40. The smallest absolute Gasteiger partial charge is 0.405 e. The van der Waals surface area contributed by atoms with Crippen LogP contribution >= 0.6 is 0 Å². The zero-order chi connectivity index (χ0) is 27.9. The lowest BCUT2D eigenvalue weighted by molar-refractivity contribution is -0.274. The van der Waals surface area contributed by atoms with E-state index in [1.807, 2.05) is 30.4 Å². The summed E-state index contributed by atoms with van der Waals surface area (Å²) in [6.45, 7) is 6.35. The molecule has 3 aromatic rings. The summed E-state index contributed by atoms with van der Waals surface area (Å²) in [4.78, 5) is 33.3. The molecule has 0 radical (unpaired) electrons. The highest BCUT2D eigenvalue weighted by atomic mass is 32.2. The lowest BCUT2D eigenvalue weighted by Gasteiger charge is -2.36. The van der Waals surface area contributed by atoms with Crippen LogP contribution in [-0.4, -0.2) is 42.7 Å². The van der Waals surface area contributed by atoms with Crippen LogP contribution in [0.4, 0.5) is 19.0 Å². The fraction of sp³-hybridized carbons (Fsp3) is 0.320. The van der Waals surface area contributed by atoms with E-state index in [9.17, 15) is 31.2 Å². The maximum atomic E-state index is 13.3. The monoisotopic (exact) mass is 550 g/mol. The van der Waals surface area contributed by atoms with Crippen LogP contribution in [0.3, 0.4) is 0 Å². The van der Waals surface area contributed by atoms with Crippen LogP contribution in [0.25, 0.3) is 11.3 Å². The highest BCUT2D eigenvalue weighted by Crippen LogP contribution is 2.40. The van der Waals surface area contributed by atoms with Crippen molar-refractivity contribution >= 4 is 21.7 Å². The first-order valence-electron chi connectivity index (χ1n) is 11.6. The number of alkyl halides is 3. The molecule has 0 bridgehead atoms. The summed E-state index contributed by atoms with van der Waals surface area (Å²) >= 11 is 0. The number of H-pyrrole nitrogens is 1. The molecular formula is C25H25F3N4O5S. The Bertz CT molecular complexity index is 1540. The van der Waals surface area contributed by atoms with Crippen molar-refractivity contribution in [1.29, 1.82) is 0 Å². The number of amides is 1. The Kier molecular flexibility index (Phi) is 6.99. The summed E-state index contributed by atoms with van der Waals surface area (Å²) in [6.07, 6.45) is -2.94. The molecule has 4 rings (SSSR count). The van der Waals surface area contributed by atoms with Gasteiger partial charge in [0.05, 0.1) is 11.3 Å². The Morgan fingerprint density at radius 2 is 1.87 bits per heavy atom. The number of para-hydroxylation sites is 1. The Morgan fingerprint density at radius 1 is 1.16 bits per heavy atom. The number of benzene rings is 1. The Balaban J connectivity index is 1.82. The second-order valence-corrected chi connectivity index (χ2v) is 11.1. The maximum Gasteiger partial charge on any atom is 0.573 e. The number of pyridine rings is 2. The summed E-state index contributed by atoms with van der Waals surface area (Å²) in [5.74, 6) is -1.27. The maximum absolute atomic E-state index is 13.3. The molecule has 2 aromatic heterocycles. The number of aromatic amines is 1. The van der Waals surface area contributed by atoms with Gasteiger partial charge >= 0.3 is 6.36 Å². The van der Waals surface area contributed by atoms with Gasteiger partial charge in [-0.1, -0.05) is 19.1 Å². The van der Waals surface area contributed by atoms with Crippen LogP contribution in [0.1, 0.15) is 37.6 Å². The fourth-order valence-corrected chi connectivity index (χ4v) is 5.36. The summed E-state index contributed by atoms with van der Waals surface area (Å²) in [5.41, 5.74) is -1.42. The number of nitrogens with one attached hydrogen (secondary N) is 2. The lowest BCUT2D eigenvalue weighted by Crippen LogP contribution is -2.44. The van der Waals surface area contributed by atoms with Crippen LogP contribution in [0.15, 0.2) is 64.4 Å². The molecule has 0 aliphatic carbocycles. The summed E-state index contributed by atoms with van der Waals surface area (Å²) in [7, 11) is -4.54. The van der Waals surface area contributed by atoms with Crippen molar-refractivity contribution in [3.05, 3.63) is 70.6 Å². The number of nitrogens with zero attached hydrogens (tertiary/aromatic N) is 2. The average molecular weight is 551 g/mol. The molecule has 1 aliphatic heterocycles. The molecule has 0 spiro atoms. The minimum Gasteiger partial charge on any atom is -0.405 e. The molecule has 3 heterocycles. The molecule has 1 aromatic carbocycles. The zero-order valence-electron chi connectivity index (χ0n) is 20.7. The number of anilines is 1. The van der Waals surface area contributed by atoms with E-state index in [1.54, 1.807) is 0 Å². The van der Waals surface area contributed by atoms with Gasteiger partial charge in [-0.2, -0.15) is 0 Å². The molecule has 0 saturated carbocycles. The van der Waals surface area contributed by atoms with E-state index < -0.39 is 44.0 Å². The summed E-state index contributed by atoms with van der Waals surface area (Å²) < 4.78 is 70.7. The van der Waals surface area contributed by atoms with Gasteiger partial charge in [-0.15, -0.1) is 13.2 Å². The molecule has 1 unspecified atom stereocenters. The lowest BCUT2D eigenvalue weighted by atomic mass is 9.90. The van der Waals surface area contributed by atoms with E-state index in [0.29, 0.717) is 6.54 Å². The van der Waals surface area contributed by atoms with Crippen LogP contribution in [0.2, 0.25) is 0 Å². The molecule has 13 heteroatoms. The van der Waals surface area contributed by atoms with Gasteiger partial charge in [-0.05, 0) is 62.6 Å². The van der Waals surface area contributed by atoms with Crippen molar-refractivity contribution in [2.75, 3.05) is 11.4 Å². The molecule has 1 amide bonds. The largest absolute Gasteiger partial charge is 0.573 e. The molecule has 1 fully saturated rings. The number of halogens is 3. The zero-order valence-corrected chi connectivity index (χ0v) is 21.5. The number of carbonyl (C=O) groups excluding carboxylic acids is 1. The van der Waals surface area contributed by atoms with Crippen molar-refractivity contribution in [3.63, 3.8) is 0 Å². The van der Waals surface area contributed by atoms with Crippen molar-refractivity contribution in [2.24, 2.45) is 5.92 Å². The summed E-state index contributed by atoms with van der Waals surface area (Å²) in [6, 6.07) is 10.4. The highest BCUT2D eigenvalue weighted by Gasteiger charge is 2.41. The van der Waals surface area contributed by atoms with E-state index in [2.05, 4.69) is 14.7 Å². The van der Waals surface area contributed by atoms with E-state index in [-0.39, 0.29) is 28.6 Å². The Labute approximate surface area is 216 Å². The molecule has 9 nitrogen and oxygen atoms in total. The van der Waals surface area contributed by atoms with Gasteiger partial charge in [0.15, 0.2) is 4.90 Å². The molecular weight excluding hydrogens is 525 g/mol. The number of carbonyl (C=O) groups is 1. The summed E-state index contributed by atoms with van der Waals surface area (Å²) in [5, 5.41) is 0. The van der Waals surface area contributed by atoms with E-state index in [1.165, 1.54) is 42.6 Å². The van der Waals surface area contributed by atoms with Crippen LogP contribution < -0.4 is 19.9 Å². The van der Waals surface area contributed by atoms with Gasteiger partial charge in [0, 0.05) is 23.8 Å². The van der Waals surface area contributed by atoms with Gasteiger partial charge in [0.2, 0.25) is 0 Å². The topological polar surface area (TPSA) is 121 Å². The van der Waals surface area contributed by atoms with Crippen LogP contribution in [-0.2, 0) is 10.0 Å². The van der Waals surface area contributed by atoms with Gasteiger partial charge < -0.3 is 14.6 Å². The molecule has 38 heavy (non-hydrogen) atoms. The molecule has 1 atom stereocenters. The second kappa shape index (κ2) is 9.78. The van der Waals surface area contributed by atoms with Crippen molar-refractivity contribution in [2.45, 2.75) is 44.0 Å². The first-order chi connectivity index (χ1) is 17.7. The van der Waals surface area contributed by atoms with Gasteiger partial charge in [0.1, 0.15) is 11.6 Å². The van der Waals surface area contributed by atoms with Crippen molar-refractivity contribution in [3.8, 4) is 17.0 Å². The molecule has 1 saturated heterocycles. The minimum atomic E-state index is -4.94. The third kappa shape index (κ3) is 5.37. The quantitative estimate of drug-likeness (QED) is 0.474. The third-order valence-electron chi connectivity index (χ3n) is 6.75. The fourth-order valence-electron chi connectivity index (χ4n) is 4.33. The Hall–Kier alpha value is -3.87. The van der Waals surface area contributed by atoms with Gasteiger partial charge in [-0.3, -0.25) is 9.59 Å². The van der Waals surface area contributed by atoms with Crippen LogP contribution in [0.5, 0.6) is 5.75 Å². The third-order valence-corrected chi connectivity index (χ3v) is 8.10. The first-order valence-corrected chi connectivity index (χ1v) is 13.1. The molecule has 2 N–H and O–H groups in total. The van der Waals surface area contributed by atoms with Gasteiger partial charge in [-0.25, -0.2) is 18.1 Å². The average Bonchev–Trinajstić information content (AvgIpc) is 3.09. The normalized spacial score (nSPS) is 17.3. The van der Waals surface area contributed by atoms with E-state index in [4.69, 9.17) is 0 Å². The number of hydrogen-bond acceptors (Lipinski definition) is 7.